The number of nitrogens with one attached hydrogen (secondary N) is 2. The molecule has 0 radical (unpaired) electrons. The highest BCUT2D eigenvalue weighted by Gasteiger charge is 2.15. The van der Waals surface area contributed by atoms with Gasteiger partial charge in [-0.2, -0.15) is 0 Å². The average Bonchev–Trinajstić information content (AvgIpc) is 3.20. The fourth-order valence-corrected chi connectivity index (χ4v) is 5.33. The molecule has 0 spiro atoms. The lowest BCUT2D eigenvalue weighted by atomic mass is 10.3. The van der Waals surface area contributed by atoms with Gasteiger partial charge in [-0.15, -0.1) is 22.7 Å². The molecule has 0 aromatic carbocycles. The van der Waals surface area contributed by atoms with Crippen molar-refractivity contribution >= 4 is 48.7 Å². The SMILES string of the molecule is CCc1nc(NCCNS(=O)(=O)c2ccc(C)s2)c2ccsc2n1. The molecule has 6 nitrogen and oxygen atoms in total. The third-order valence-electron chi connectivity index (χ3n) is 3.38. The number of anilines is 1. The lowest BCUT2D eigenvalue weighted by Gasteiger charge is -2.09. The highest BCUT2D eigenvalue weighted by molar-refractivity contribution is 7.91. The van der Waals surface area contributed by atoms with Gasteiger partial charge in [0.15, 0.2) is 0 Å². The number of fused-ring (bicyclic) bond motifs is 1. The zero-order chi connectivity index (χ0) is 17.2. The van der Waals surface area contributed by atoms with Crippen molar-refractivity contribution in [2.45, 2.75) is 24.5 Å². The molecule has 0 bridgehead atoms. The Morgan fingerprint density at radius 1 is 1.17 bits per heavy atom. The van der Waals surface area contributed by atoms with Crippen LogP contribution < -0.4 is 10.0 Å². The van der Waals surface area contributed by atoms with Crippen LogP contribution in [0.25, 0.3) is 10.2 Å². The zero-order valence-electron chi connectivity index (χ0n) is 13.4. The van der Waals surface area contributed by atoms with Gasteiger partial charge in [-0.25, -0.2) is 23.1 Å². The van der Waals surface area contributed by atoms with Crippen LogP contribution in [0.15, 0.2) is 27.8 Å². The Morgan fingerprint density at radius 2 is 2.00 bits per heavy atom. The Labute approximate surface area is 149 Å². The van der Waals surface area contributed by atoms with Crippen LogP contribution in [0.1, 0.15) is 17.6 Å². The van der Waals surface area contributed by atoms with Crippen molar-refractivity contribution in [2.24, 2.45) is 0 Å². The number of rotatable bonds is 7. The molecule has 9 heteroatoms. The van der Waals surface area contributed by atoms with Gasteiger partial charge in [-0.1, -0.05) is 6.92 Å². The summed E-state index contributed by atoms with van der Waals surface area (Å²) in [5.74, 6) is 1.53. The molecule has 2 N–H and O–H groups in total. The first-order chi connectivity index (χ1) is 11.5. The number of aryl methyl sites for hydroxylation is 2. The van der Waals surface area contributed by atoms with Crippen LogP contribution in [0.4, 0.5) is 5.82 Å². The topological polar surface area (TPSA) is 84.0 Å². The Bertz CT molecular complexity index is 947. The lowest BCUT2D eigenvalue weighted by Crippen LogP contribution is -2.28. The standard InChI is InChI=1S/C15H18N4O2S3/c1-3-12-18-14(11-6-9-22-15(11)19-12)16-7-8-17-24(20,21)13-5-4-10(2)23-13/h4-6,9,17H,3,7-8H2,1-2H3,(H,16,18,19). The van der Waals surface area contributed by atoms with Crippen LogP contribution >= 0.6 is 22.7 Å². The van der Waals surface area contributed by atoms with Gasteiger partial charge in [-0.3, -0.25) is 0 Å². The first-order valence-corrected chi connectivity index (χ1v) is 10.7. The molecule has 0 amide bonds. The van der Waals surface area contributed by atoms with Crippen molar-refractivity contribution in [1.29, 1.82) is 0 Å². The third kappa shape index (κ3) is 3.75. The molecule has 0 unspecified atom stereocenters. The predicted octanol–water partition coefficient (Wildman–Crippen LogP) is 3.01. The van der Waals surface area contributed by atoms with Crippen molar-refractivity contribution in [2.75, 3.05) is 18.4 Å². The fraction of sp³-hybridized carbons (Fsp3) is 0.333. The molecular formula is C15H18N4O2S3. The van der Waals surface area contributed by atoms with E-state index < -0.39 is 10.0 Å². The monoisotopic (exact) mass is 382 g/mol. The second-order valence-corrected chi connectivity index (χ2v) is 9.35. The minimum absolute atomic E-state index is 0.288. The van der Waals surface area contributed by atoms with E-state index in [1.165, 1.54) is 11.3 Å². The second-order valence-electron chi connectivity index (χ2n) is 5.17. The van der Waals surface area contributed by atoms with Crippen LogP contribution in [0.2, 0.25) is 0 Å². The van der Waals surface area contributed by atoms with Gasteiger partial charge in [-0.05, 0) is 30.5 Å². The van der Waals surface area contributed by atoms with Crippen LogP contribution in [0.5, 0.6) is 0 Å². The van der Waals surface area contributed by atoms with Crippen molar-refractivity contribution in [3.63, 3.8) is 0 Å². The zero-order valence-corrected chi connectivity index (χ0v) is 15.8. The summed E-state index contributed by atoms with van der Waals surface area (Å²) in [5, 5.41) is 6.15. The van der Waals surface area contributed by atoms with Gasteiger partial charge >= 0.3 is 0 Å². The molecule has 0 atom stereocenters. The molecule has 0 aliphatic carbocycles. The molecule has 0 saturated carbocycles. The quantitative estimate of drug-likeness (QED) is 0.614. The molecule has 3 heterocycles. The first-order valence-electron chi connectivity index (χ1n) is 7.53. The van der Waals surface area contributed by atoms with Gasteiger partial charge in [0, 0.05) is 24.4 Å². The fourth-order valence-electron chi connectivity index (χ4n) is 2.19. The largest absolute Gasteiger partial charge is 0.368 e. The van der Waals surface area contributed by atoms with Crippen molar-refractivity contribution in [3.8, 4) is 0 Å². The highest BCUT2D eigenvalue weighted by atomic mass is 32.2. The summed E-state index contributed by atoms with van der Waals surface area (Å²) in [6.07, 6.45) is 0.757. The van der Waals surface area contributed by atoms with E-state index in [1.807, 2.05) is 25.3 Å². The molecule has 0 fully saturated rings. The van der Waals surface area contributed by atoms with Crippen LogP contribution in [0.3, 0.4) is 0 Å². The summed E-state index contributed by atoms with van der Waals surface area (Å²) < 4.78 is 27.3. The van der Waals surface area contributed by atoms with Crippen LogP contribution in [-0.2, 0) is 16.4 Å². The summed E-state index contributed by atoms with van der Waals surface area (Å²) in [7, 11) is -3.44. The first kappa shape index (κ1) is 17.3. The molecular weight excluding hydrogens is 364 g/mol. The minimum Gasteiger partial charge on any atom is -0.368 e. The molecule has 3 aromatic heterocycles. The molecule has 0 saturated heterocycles. The summed E-state index contributed by atoms with van der Waals surface area (Å²) >= 11 is 2.84. The predicted molar refractivity (Wildman–Crippen MR) is 99.5 cm³/mol. The van der Waals surface area contributed by atoms with Gasteiger partial charge < -0.3 is 5.32 Å². The molecule has 3 rings (SSSR count). The van der Waals surface area contributed by atoms with E-state index in [4.69, 9.17) is 0 Å². The van der Waals surface area contributed by atoms with E-state index in [1.54, 1.807) is 23.5 Å². The number of thiophene rings is 2. The van der Waals surface area contributed by atoms with Gasteiger partial charge in [0.25, 0.3) is 0 Å². The second kappa shape index (κ2) is 7.14. The Balaban J connectivity index is 1.64. The maximum absolute atomic E-state index is 12.2. The van der Waals surface area contributed by atoms with Crippen LogP contribution in [-0.4, -0.2) is 31.5 Å². The van der Waals surface area contributed by atoms with E-state index in [-0.39, 0.29) is 6.54 Å². The number of hydrogen-bond donors (Lipinski definition) is 2. The summed E-state index contributed by atoms with van der Waals surface area (Å²) in [4.78, 5) is 10.9. The van der Waals surface area contributed by atoms with Crippen molar-refractivity contribution in [3.05, 3.63) is 34.3 Å². The maximum Gasteiger partial charge on any atom is 0.250 e. The normalized spacial score (nSPS) is 11.9. The lowest BCUT2D eigenvalue weighted by molar-refractivity contribution is 0.585. The van der Waals surface area contributed by atoms with E-state index in [0.717, 1.165) is 33.2 Å². The molecule has 128 valence electrons. The molecule has 3 aromatic rings. The summed E-state index contributed by atoms with van der Waals surface area (Å²) in [5.41, 5.74) is 0. The van der Waals surface area contributed by atoms with E-state index in [0.29, 0.717) is 10.8 Å². The van der Waals surface area contributed by atoms with Gasteiger partial charge in [0.05, 0.1) is 5.39 Å². The average molecular weight is 383 g/mol. The number of hydrogen-bond acceptors (Lipinski definition) is 7. The number of aromatic nitrogens is 2. The highest BCUT2D eigenvalue weighted by Crippen LogP contribution is 2.25. The maximum atomic E-state index is 12.2. The van der Waals surface area contributed by atoms with E-state index >= 15 is 0 Å². The van der Waals surface area contributed by atoms with Crippen molar-refractivity contribution < 1.29 is 8.42 Å². The van der Waals surface area contributed by atoms with E-state index in [2.05, 4.69) is 20.0 Å². The van der Waals surface area contributed by atoms with Gasteiger partial charge in [0.1, 0.15) is 20.7 Å². The molecule has 0 aliphatic heterocycles. The Morgan fingerprint density at radius 3 is 2.71 bits per heavy atom. The summed E-state index contributed by atoms with van der Waals surface area (Å²) in [6, 6.07) is 5.40. The minimum atomic E-state index is -3.44. The van der Waals surface area contributed by atoms with Gasteiger partial charge in [0.2, 0.25) is 10.0 Å². The number of nitrogens with zero attached hydrogens (tertiary/aromatic N) is 2. The Hall–Kier alpha value is -1.55. The third-order valence-corrected chi connectivity index (χ3v) is 7.14. The smallest absolute Gasteiger partial charge is 0.250 e. The molecule has 24 heavy (non-hydrogen) atoms. The van der Waals surface area contributed by atoms with Crippen LogP contribution in [0, 0.1) is 6.92 Å². The Kier molecular flexibility index (Phi) is 5.14. The van der Waals surface area contributed by atoms with Crippen molar-refractivity contribution in [1.82, 2.24) is 14.7 Å². The summed E-state index contributed by atoms with van der Waals surface area (Å²) in [6.45, 7) is 4.64. The number of sulfonamides is 1. The molecule has 0 aliphatic rings. The van der Waals surface area contributed by atoms with E-state index in [9.17, 15) is 8.42 Å².